The number of nitriles is 1. The Labute approximate surface area is 143 Å². The molecule has 0 aromatic heterocycles. The van der Waals surface area contributed by atoms with Gasteiger partial charge in [-0.25, -0.2) is 0 Å². The molecule has 0 aliphatic carbocycles. The number of rotatable bonds is 5. The average molecular weight is 351 g/mol. The molecular formula is C16H12Cl2N2OS. The smallest absolute Gasteiger partial charge is 0.234 e. The third-order valence-corrected chi connectivity index (χ3v) is 4.61. The van der Waals surface area contributed by atoms with Crippen LogP contribution in [0.25, 0.3) is 0 Å². The number of amides is 1. The number of carbonyl (C=O) groups excluding carboxylic acids is 1. The van der Waals surface area contributed by atoms with Crippen LogP contribution >= 0.6 is 35.0 Å². The van der Waals surface area contributed by atoms with Gasteiger partial charge >= 0.3 is 0 Å². The summed E-state index contributed by atoms with van der Waals surface area (Å²) in [4.78, 5) is 11.9. The van der Waals surface area contributed by atoms with E-state index in [1.807, 2.05) is 18.2 Å². The SMILES string of the molecule is N#Cc1cccc(CSCC(=O)Nc2cccc(Cl)c2Cl)c1. The molecule has 6 heteroatoms. The topological polar surface area (TPSA) is 52.9 Å². The number of hydrogen-bond donors (Lipinski definition) is 1. The molecule has 1 N–H and O–H groups in total. The van der Waals surface area contributed by atoms with Crippen LogP contribution in [0, 0.1) is 11.3 Å². The van der Waals surface area contributed by atoms with Crippen molar-refractivity contribution in [1.29, 1.82) is 5.26 Å². The summed E-state index contributed by atoms with van der Waals surface area (Å²) in [6, 6.07) is 14.5. The Morgan fingerprint density at radius 1 is 1.23 bits per heavy atom. The lowest BCUT2D eigenvalue weighted by atomic mass is 10.2. The maximum Gasteiger partial charge on any atom is 0.234 e. The highest BCUT2D eigenvalue weighted by Gasteiger charge is 2.08. The van der Waals surface area contributed by atoms with Crippen LogP contribution in [0.3, 0.4) is 0 Å². The van der Waals surface area contributed by atoms with Gasteiger partial charge in [0.15, 0.2) is 0 Å². The summed E-state index contributed by atoms with van der Waals surface area (Å²) in [6.07, 6.45) is 0. The summed E-state index contributed by atoms with van der Waals surface area (Å²) in [6.45, 7) is 0. The first-order chi connectivity index (χ1) is 10.6. The predicted molar refractivity (Wildman–Crippen MR) is 92.4 cm³/mol. The summed E-state index contributed by atoms with van der Waals surface area (Å²) in [5.41, 5.74) is 2.14. The second-order valence-corrected chi connectivity index (χ2v) is 6.23. The third kappa shape index (κ3) is 4.67. The van der Waals surface area contributed by atoms with Gasteiger partial charge in [-0.05, 0) is 29.8 Å². The standard InChI is InChI=1S/C16H12Cl2N2OS/c17-13-5-2-6-14(16(13)18)20-15(21)10-22-9-12-4-1-3-11(7-12)8-19/h1-7H,9-10H2,(H,20,21). The molecule has 0 radical (unpaired) electrons. The third-order valence-electron chi connectivity index (χ3n) is 2.78. The van der Waals surface area contributed by atoms with Crippen LogP contribution in [0.4, 0.5) is 5.69 Å². The molecule has 0 aliphatic rings. The Morgan fingerprint density at radius 2 is 2.00 bits per heavy atom. The molecule has 0 spiro atoms. The van der Waals surface area contributed by atoms with Crippen molar-refractivity contribution in [2.75, 3.05) is 11.1 Å². The Kier molecular flexibility index (Phi) is 6.14. The maximum atomic E-state index is 11.9. The fourth-order valence-electron chi connectivity index (χ4n) is 1.78. The summed E-state index contributed by atoms with van der Waals surface area (Å²) in [5.74, 6) is 0.803. The number of anilines is 1. The van der Waals surface area contributed by atoms with Gasteiger partial charge in [0.1, 0.15) is 0 Å². The van der Waals surface area contributed by atoms with Gasteiger partial charge in [0.05, 0.1) is 33.1 Å². The molecule has 3 nitrogen and oxygen atoms in total. The van der Waals surface area contributed by atoms with E-state index in [9.17, 15) is 4.79 Å². The Hall–Kier alpha value is -1.67. The monoisotopic (exact) mass is 350 g/mol. The van der Waals surface area contributed by atoms with E-state index in [0.29, 0.717) is 32.8 Å². The zero-order valence-electron chi connectivity index (χ0n) is 11.5. The number of nitrogens with zero attached hydrogens (tertiary/aromatic N) is 1. The van der Waals surface area contributed by atoms with Gasteiger partial charge in [0.25, 0.3) is 0 Å². The van der Waals surface area contributed by atoms with E-state index in [1.165, 1.54) is 11.8 Å². The van der Waals surface area contributed by atoms with Crippen molar-refractivity contribution in [2.24, 2.45) is 0 Å². The Balaban J connectivity index is 1.85. The molecule has 112 valence electrons. The summed E-state index contributed by atoms with van der Waals surface area (Å²) >= 11 is 13.4. The number of nitrogens with one attached hydrogen (secondary N) is 1. The van der Waals surface area contributed by atoms with Crippen molar-refractivity contribution in [3.05, 3.63) is 63.6 Å². The lowest BCUT2D eigenvalue weighted by Crippen LogP contribution is -2.14. The Morgan fingerprint density at radius 3 is 2.77 bits per heavy atom. The predicted octanol–water partition coefficient (Wildman–Crippen LogP) is 4.74. The lowest BCUT2D eigenvalue weighted by Gasteiger charge is -2.08. The fourth-order valence-corrected chi connectivity index (χ4v) is 2.90. The molecule has 2 rings (SSSR count). The second kappa shape index (κ2) is 8.09. The largest absolute Gasteiger partial charge is 0.324 e. The molecule has 2 aromatic carbocycles. The van der Waals surface area contributed by atoms with Crippen LogP contribution in [0.1, 0.15) is 11.1 Å². The lowest BCUT2D eigenvalue weighted by molar-refractivity contribution is -0.113. The molecule has 0 bridgehead atoms. The van der Waals surface area contributed by atoms with E-state index < -0.39 is 0 Å². The fraction of sp³-hybridized carbons (Fsp3) is 0.125. The molecule has 0 fully saturated rings. The van der Waals surface area contributed by atoms with Crippen LogP contribution < -0.4 is 5.32 Å². The first-order valence-corrected chi connectivity index (χ1v) is 8.32. The van der Waals surface area contributed by atoms with Crippen molar-refractivity contribution >= 4 is 46.6 Å². The first kappa shape index (κ1) is 16.7. The average Bonchev–Trinajstić information content (AvgIpc) is 2.52. The minimum atomic E-state index is -0.148. The van der Waals surface area contributed by atoms with Gasteiger partial charge in [-0.15, -0.1) is 11.8 Å². The van der Waals surface area contributed by atoms with Gasteiger partial charge < -0.3 is 5.32 Å². The van der Waals surface area contributed by atoms with E-state index >= 15 is 0 Å². The maximum absolute atomic E-state index is 11.9. The molecule has 1 amide bonds. The van der Waals surface area contributed by atoms with Crippen LogP contribution in [0.5, 0.6) is 0 Å². The first-order valence-electron chi connectivity index (χ1n) is 6.41. The molecule has 0 unspecified atom stereocenters. The molecule has 0 aliphatic heterocycles. The number of benzene rings is 2. The van der Waals surface area contributed by atoms with E-state index in [1.54, 1.807) is 24.3 Å². The van der Waals surface area contributed by atoms with Crippen LogP contribution in [0.2, 0.25) is 10.0 Å². The molecule has 0 saturated carbocycles. The van der Waals surface area contributed by atoms with Crippen LogP contribution in [-0.4, -0.2) is 11.7 Å². The second-order valence-electron chi connectivity index (χ2n) is 4.45. The quantitative estimate of drug-likeness (QED) is 0.847. The highest BCUT2D eigenvalue weighted by atomic mass is 35.5. The normalized spacial score (nSPS) is 10.0. The molecule has 0 saturated heterocycles. The number of thioether (sulfide) groups is 1. The molecule has 0 heterocycles. The molecule has 0 atom stereocenters. The summed E-state index contributed by atoms with van der Waals surface area (Å²) < 4.78 is 0. The van der Waals surface area contributed by atoms with Gasteiger partial charge in [0, 0.05) is 5.75 Å². The summed E-state index contributed by atoms with van der Waals surface area (Å²) in [7, 11) is 0. The van der Waals surface area contributed by atoms with Gasteiger partial charge in [-0.1, -0.05) is 41.4 Å². The summed E-state index contributed by atoms with van der Waals surface area (Å²) in [5, 5.41) is 12.3. The Bertz CT molecular complexity index is 728. The zero-order valence-corrected chi connectivity index (χ0v) is 13.8. The highest BCUT2D eigenvalue weighted by Crippen LogP contribution is 2.29. The number of hydrogen-bond acceptors (Lipinski definition) is 3. The molecule has 2 aromatic rings. The number of halogens is 2. The van der Waals surface area contributed by atoms with Gasteiger partial charge in [-0.2, -0.15) is 5.26 Å². The van der Waals surface area contributed by atoms with Crippen molar-refractivity contribution in [1.82, 2.24) is 0 Å². The minimum absolute atomic E-state index is 0.148. The van der Waals surface area contributed by atoms with Crippen LogP contribution in [0.15, 0.2) is 42.5 Å². The van der Waals surface area contributed by atoms with Gasteiger partial charge in [-0.3, -0.25) is 4.79 Å². The van der Waals surface area contributed by atoms with E-state index in [0.717, 1.165) is 5.56 Å². The van der Waals surface area contributed by atoms with Crippen molar-refractivity contribution in [3.63, 3.8) is 0 Å². The highest BCUT2D eigenvalue weighted by molar-refractivity contribution is 7.99. The number of carbonyl (C=O) groups is 1. The molecule has 22 heavy (non-hydrogen) atoms. The minimum Gasteiger partial charge on any atom is -0.324 e. The van der Waals surface area contributed by atoms with E-state index in [4.69, 9.17) is 28.5 Å². The van der Waals surface area contributed by atoms with Gasteiger partial charge in [0.2, 0.25) is 5.91 Å². The van der Waals surface area contributed by atoms with E-state index in [2.05, 4.69) is 11.4 Å². The van der Waals surface area contributed by atoms with Crippen molar-refractivity contribution in [3.8, 4) is 6.07 Å². The zero-order chi connectivity index (χ0) is 15.9. The van der Waals surface area contributed by atoms with Crippen molar-refractivity contribution < 1.29 is 4.79 Å². The van der Waals surface area contributed by atoms with E-state index in [-0.39, 0.29) is 5.91 Å². The molecular weight excluding hydrogens is 339 g/mol. The van der Waals surface area contributed by atoms with Crippen molar-refractivity contribution in [2.45, 2.75) is 5.75 Å². The van der Waals surface area contributed by atoms with Crippen LogP contribution in [-0.2, 0) is 10.5 Å².